The van der Waals surface area contributed by atoms with Gasteiger partial charge in [0.25, 0.3) is 0 Å². The molecule has 2 aromatic carbocycles. The number of nitrogens with one attached hydrogen (secondary N) is 1. The predicted octanol–water partition coefficient (Wildman–Crippen LogP) is 2.60. The molecule has 0 aromatic heterocycles. The second kappa shape index (κ2) is 9.23. The van der Waals surface area contributed by atoms with Gasteiger partial charge in [-0.3, -0.25) is 4.79 Å². The zero-order valence-electron chi connectivity index (χ0n) is 18.5. The highest BCUT2D eigenvalue weighted by Crippen LogP contribution is 2.44. The second-order valence-electron chi connectivity index (χ2n) is 8.77. The molecule has 8 nitrogen and oxygen atoms in total. The Labute approximate surface area is 192 Å². The zero-order valence-corrected chi connectivity index (χ0v) is 18.5. The highest BCUT2D eigenvalue weighted by molar-refractivity contribution is 5.81. The van der Waals surface area contributed by atoms with Crippen LogP contribution in [0.15, 0.2) is 48.5 Å². The molecular formula is C25H28N2O6. The summed E-state index contributed by atoms with van der Waals surface area (Å²) < 4.78 is 5.50. The van der Waals surface area contributed by atoms with E-state index in [2.05, 4.69) is 17.4 Å². The fraction of sp³-hybridized carbons (Fsp3) is 0.400. The number of rotatable bonds is 6. The van der Waals surface area contributed by atoms with Gasteiger partial charge in [0.05, 0.1) is 5.92 Å². The number of aliphatic hydroxyl groups is 1. The van der Waals surface area contributed by atoms with Gasteiger partial charge in [-0.05, 0) is 22.3 Å². The molecule has 8 heteroatoms. The number of fused-ring (bicyclic) bond motifs is 3. The van der Waals surface area contributed by atoms with Gasteiger partial charge in [0.2, 0.25) is 5.91 Å². The molecule has 1 atom stereocenters. The van der Waals surface area contributed by atoms with Crippen molar-refractivity contribution >= 4 is 18.0 Å². The quantitative estimate of drug-likeness (QED) is 0.621. The molecule has 3 N–H and O–H groups in total. The van der Waals surface area contributed by atoms with Gasteiger partial charge in [0.15, 0.2) is 5.60 Å². The van der Waals surface area contributed by atoms with Crippen molar-refractivity contribution in [1.29, 1.82) is 0 Å². The summed E-state index contributed by atoms with van der Waals surface area (Å²) in [5.41, 5.74) is 2.78. The lowest BCUT2D eigenvalue weighted by molar-refractivity contribution is -0.165. The minimum Gasteiger partial charge on any atom is -0.479 e. The molecule has 4 rings (SSSR count). The Morgan fingerprint density at radius 2 is 1.61 bits per heavy atom. The van der Waals surface area contributed by atoms with Crippen LogP contribution < -0.4 is 5.32 Å². The van der Waals surface area contributed by atoms with Crippen LogP contribution in [0.5, 0.6) is 0 Å². The molecule has 1 saturated heterocycles. The number of ether oxygens (including phenoxy) is 1. The first kappa shape index (κ1) is 22.8. The smallest absolute Gasteiger partial charge is 0.407 e. The SMILES string of the molecule is CC(CNC(=O)OCC1c2ccccc2-c2ccccc21)C(=O)N1CCC(O)(C(=O)O)CC1. The van der Waals surface area contributed by atoms with Gasteiger partial charge in [-0.1, -0.05) is 55.5 Å². The lowest BCUT2D eigenvalue weighted by atomic mass is 9.91. The van der Waals surface area contributed by atoms with Crippen LogP contribution in [0.1, 0.15) is 36.8 Å². The molecule has 174 valence electrons. The number of aliphatic carboxylic acids is 1. The molecule has 33 heavy (non-hydrogen) atoms. The van der Waals surface area contributed by atoms with E-state index in [1.54, 1.807) is 6.92 Å². The van der Waals surface area contributed by atoms with E-state index in [9.17, 15) is 19.5 Å². The van der Waals surface area contributed by atoms with Gasteiger partial charge in [0.1, 0.15) is 6.61 Å². The van der Waals surface area contributed by atoms with E-state index in [4.69, 9.17) is 9.84 Å². The number of benzene rings is 2. The van der Waals surface area contributed by atoms with Crippen molar-refractivity contribution in [2.24, 2.45) is 5.92 Å². The molecule has 2 aromatic rings. The maximum absolute atomic E-state index is 12.6. The first-order valence-electron chi connectivity index (χ1n) is 11.1. The Bertz CT molecular complexity index is 1010. The van der Waals surface area contributed by atoms with Crippen molar-refractivity contribution in [1.82, 2.24) is 10.2 Å². The number of carboxylic acid groups (broad SMARTS) is 1. The molecule has 1 aliphatic heterocycles. The Kier molecular flexibility index (Phi) is 6.37. The van der Waals surface area contributed by atoms with Crippen molar-refractivity contribution in [3.63, 3.8) is 0 Å². The van der Waals surface area contributed by atoms with Crippen LogP contribution in [-0.4, -0.2) is 64.9 Å². The van der Waals surface area contributed by atoms with Gasteiger partial charge < -0.3 is 25.2 Å². The van der Waals surface area contributed by atoms with Crippen LogP contribution >= 0.6 is 0 Å². The van der Waals surface area contributed by atoms with Crippen LogP contribution in [0, 0.1) is 5.92 Å². The van der Waals surface area contributed by atoms with Crippen LogP contribution in [0.4, 0.5) is 4.79 Å². The minimum atomic E-state index is -1.78. The maximum atomic E-state index is 12.6. The molecule has 0 spiro atoms. The number of amides is 2. The minimum absolute atomic E-state index is 0.0133. The number of hydrogen-bond donors (Lipinski definition) is 3. The van der Waals surface area contributed by atoms with E-state index >= 15 is 0 Å². The highest BCUT2D eigenvalue weighted by atomic mass is 16.5. The average molecular weight is 453 g/mol. The summed E-state index contributed by atoms with van der Waals surface area (Å²) in [6, 6.07) is 16.2. The van der Waals surface area contributed by atoms with Crippen LogP contribution in [-0.2, 0) is 14.3 Å². The summed E-state index contributed by atoms with van der Waals surface area (Å²) in [6.45, 7) is 2.33. The summed E-state index contributed by atoms with van der Waals surface area (Å²) in [5, 5.41) is 21.8. The maximum Gasteiger partial charge on any atom is 0.407 e. The highest BCUT2D eigenvalue weighted by Gasteiger charge is 2.41. The van der Waals surface area contributed by atoms with E-state index in [0.29, 0.717) is 0 Å². The van der Waals surface area contributed by atoms with Crippen molar-refractivity contribution in [3.8, 4) is 11.1 Å². The molecule has 1 aliphatic carbocycles. The number of carboxylic acids is 1. The van der Waals surface area contributed by atoms with Gasteiger partial charge in [-0.25, -0.2) is 9.59 Å². The fourth-order valence-electron chi connectivity index (χ4n) is 4.60. The summed E-state index contributed by atoms with van der Waals surface area (Å²) in [4.78, 5) is 37.6. The van der Waals surface area contributed by atoms with Crippen molar-refractivity contribution < 1.29 is 29.3 Å². The van der Waals surface area contributed by atoms with Crippen molar-refractivity contribution in [3.05, 3.63) is 59.7 Å². The first-order chi connectivity index (χ1) is 15.8. The van der Waals surface area contributed by atoms with E-state index < -0.39 is 23.6 Å². The lowest BCUT2D eigenvalue weighted by Gasteiger charge is -2.36. The molecule has 2 aliphatic rings. The predicted molar refractivity (Wildman–Crippen MR) is 121 cm³/mol. The number of piperidine rings is 1. The van der Waals surface area contributed by atoms with Crippen LogP contribution in [0.2, 0.25) is 0 Å². The summed E-state index contributed by atoms with van der Waals surface area (Å²) in [7, 11) is 0. The number of carbonyl (C=O) groups excluding carboxylic acids is 2. The average Bonchev–Trinajstić information content (AvgIpc) is 3.15. The fourth-order valence-corrected chi connectivity index (χ4v) is 4.60. The monoisotopic (exact) mass is 452 g/mol. The van der Waals surface area contributed by atoms with E-state index in [-0.39, 0.29) is 50.9 Å². The van der Waals surface area contributed by atoms with Gasteiger partial charge in [-0.2, -0.15) is 0 Å². The summed E-state index contributed by atoms with van der Waals surface area (Å²) >= 11 is 0. The lowest BCUT2D eigenvalue weighted by Crippen LogP contribution is -2.52. The van der Waals surface area contributed by atoms with E-state index in [0.717, 1.165) is 22.3 Å². The third-order valence-electron chi connectivity index (χ3n) is 6.62. The molecule has 1 heterocycles. The number of likely N-dealkylation sites (tertiary alicyclic amines) is 1. The third-order valence-corrected chi connectivity index (χ3v) is 6.62. The molecule has 0 radical (unpaired) electrons. The molecular weight excluding hydrogens is 424 g/mol. The number of carbonyl (C=O) groups is 3. The summed E-state index contributed by atoms with van der Waals surface area (Å²) in [6.07, 6.45) is -0.614. The van der Waals surface area contributed by atoms with Crippen molar-refractivity contribution in [2.75, 3.05) is 26.2 Å². The Morgan fingerprint density at radius 1 is 1.06 bits per heavy atom. The Balaban J connectivity index is 1.27. The van der Waals surface area contributed by atoms with Gasteiger partial charge >= 0.3 is 12.1 Å². The molecule has 1 fully saturated rings. The standard InChI is InChI=1S/C25H28N2O6/c1-16(22(28)27-12-10-25(32,11-13-27)23(29)30)14-26-24(31)33-15-21-19-8-4-2-6-17(19)18-7-3-5-9-20(18)21/h2-9,16,21,32H,10-15H2,1H3,(H,26,31)(H,29,30). The van der Waals surface area contributed by atoms with Gasteiger partial charge in [-0.15, -0.1) is 0 Å². The number of alkyl carbamates (subject to hydrolysis) is 1. The zero-order chi connectivity index (χ0) is 23.6. The Morgan fingerprint density at radius 3 is 2.15 bits per heavy atom. The molecule has 2 amide bonds. The van der Waals surface area contributed by atoms with E-state index in [1.165, 1.54) is 4.90 Å². The first-order valence-corrected chi connectivity index (χ1v) is 11.1. The second-order valence-corrected chi connectivity index (χ2v) is 8.77. The third kappa shape index (κ3) is 4.57. The normalized spacial score (nSPS) is 17.6. The molecule has 1 unspecified atom stereocenters. The topological polar surface area (TPSA) is 116 Å². The van der Waals surface area contributed by atoms with Crippen molar-refractivity contribution in [2.45, 2.75) is 31.3 Å². The summed E-state index contributed by atoms with van der Waals surface area (Å²) in [5.74, 6) is -1.99. The molecule has 0 bridgehead atoms. The number of nitrogens with zero attached hydrogens (tertiary/aromatic N) is 1. The molecule has 0 saturated carbocycles. The van der Waals surface area contributed by atoms with Gasteiger partial charge in [0, 0.05) is 38.4 Å². The Hall–Kier alpha value is -3.39. The van der Waals surface area contributed by atoms with Crippen LogP contribution in [0.3, 0.4) is 0 Å². The largest absolute Gasteiger partial charge is 0.479 e. The number of hydrogen-bond acceptors (Lipinski definition) is 5. The van der Waals surface area contributed by atoms with Crippen LogP contribution in [0.25, 0.3) is 11.1 Å². The van der Waals surface area contributed by atoms with E-state index in [1.807, 2.05) is 36.4 Å².